The highest BCUT2D eigenvalue weighted by Crippen LogP contribution is 2.24. The predicted molar refractivity (Wildman–Crippen MR) is 76.4 cm³/mol. The van der Waals surface area contributed by atoms with E-state index in [0.29, 0.717) is 5.54 Å². The summed E-state index contributed by atoms with van der Waals surface area (Å²) in [6.45, 7) is 17.6. The van der Waals surface area contributed by atoms with Gasteiger partial charge in [0.1, 0.15) is 0 Å². The Kier molecular flexibility index (Phi) is 5.46. The molecule has 0 radical (unpaired) electrons. The zero-order chi connectivity index (χ0) is 13.1. The van der Waals surface area contributed by atoms with Crippen LogP contribution in [-0.2, 0) is 0 Å². The van der Waals surface area contributed by atoms with Gasteiger partial charge in [0.25, 0.3) is 0 Å². The van der Waals surface area contributed by atoms with Crippen LogP contribution >= 0.6 is 0 Å². The van der Waals surface area contributed by atoms with Gasteiger partial charge in [0, 0.05) is 31.2 Å². The first-order valence-corrected chi connectivity index (χ1v) is 7.41. The second-order valence-electron chi connectivity index (χ2n) is 6.57. The molecule has 1 rings (SSSR count). The normalized spacial score (nSPS) is 33.0. The van der Waals surface area contributed by atoms with Gasteiger partial charge in [-0.05, 0) is 25.2 Å². The summed E-state index contributed by atoms with van der Waals surface area (Å²) in [5.41, 5.74) is 0.318. The number of nitrogens with one attached hydrogen (secondary N) is 1. The Hall–Kier alpha value is -0.0800. The molecule has 17 heavy (non-hydrogen) atoms. The molecule has 2 heteroatoms. The summed E-state index contributed by atoms with van der Waals surface area (Å²) in [5, 5.41) is 3.77. The highest BCUT2D eigenvalue weighted by atomic mass is 15.3. The minimum absolute atomic E-state index is 0.318. The van der Waals surface area contributed by atoms with Crippen molar-refractivity contribution in [1.82, 2.24) is 10.2 Å². The van der Waals surface area contributed by atoms with Crippen molar-refractivity contribution in [2.75, 3.05) is 19.6 Å². The molecule has 0 aromatic carbocycles. The summed E-state index contributed by atoms with van der Waals surface area (Å²) in [6.07, 6.45) is 2.50. The van der Waals surface area contributed by atoms with Crippen molar-refractivity contribution in [1.29, 1.82) is 0 Å². The molecule has 1 N–H and O–H groups in total. The van der Waals surface area contributed by atoms with Gasteiger partial charge in [-0.3, -0.25) is 4.90 Å². The fourth-order valence-corrected chi connectivity index (χ4v) is 2.84. The Bertz CT molecular complexity index is 227. The molecule has 0 saturated carbocycles. The molecule has 2 nitrogen and oxygen atoms in total. The lowest BCUT2D eigenvalue weighted by Gasteiger charge is -2.48. The average Bonchev–Trinajstić information content (AvgIpc) is 2.27. The third-order valence-electron chi connectivity index (χ3n) is 4.44. The number of hydrogen-bond acceptors (Lipinski definition) is 2. The van der Waals surface area contributed by atoms with Crippen LogP contribution in [0, 0.1) is 11.8 Å². The summed E-state index contributed by atoms with van der Waals surface area (Å²) in [4.78, 5) is 2.73. The molecule has 1 saturated heterocycles. The molecule has 0 aliphatic carbocycles. The molecule has 1 fully saturated rings. The Morgan fingerprint density at radius 3 is 2.41 bits per heavy atom. The minimum Gasteiger partial charge on any atom is -0.309 e. The third kappa shape index (κ3) is 3.96. The van der Waals surface area contributed by atoms with E-state index in [1.54, 1.807) is 0 Å². The van der Waals surface area contributed by atoms with Gasteiger partial charge in [0.15, 0.2) is 0 Å². The minimum atomic E-state index is 0.318. The smallest absolute Gasteiger partial charge is 0.0278 e. The van der Waals surface area contributed by atoms with Gasteiger partial charge >= 0.3 is 0 Å². The van der Waals surface area contributed by atoms with Crippen LogP contribution in [0.5, 0.6) is 0 Å². The standard InChI is InChI=1S/C15H32N2/c1-7-13(5)14-9-16-15(6,8-2)11-17(14)10-12(3)4/h12-14,16H,7-11H2,1-6H3. The van der Waals surface area contributed by atoms with E-state index in [1.165, 1.54) is 25.9 Å². The second kappa shape index (κ2) is 6.19. The zero-order valence-corrected chi connectivity index (χ0v) is 12.7. The molecular formula is C15H32N2. The van der Waals surface area contributed by atoms with Gasteiger partial charge in [-0.25, -0.2) is 0 Å². The highest BCUT2D eigenvalue weighted by molar-refractivity contribution is 4.95. The lowest BCUT2D eigenvalue weighted by molar-refractivity contribution is 0.0461. The van der Waals surface area contributed by atoms with Crippen LogP contribution in [0.2, 0.25) is 0 Å². The molecule has 102 valence electrons. The van der Waals surface area contributed by atoms with Crippen molar-refractivity contribution < 1.29 is 0 Å². The van der Waals surface area contributed by atoms with E-state index in [1.807, 2.05) is 0 Å². The van der Waals surface area contributed by atoms with Gasteiger partial charge in [-0.15, -0.1) is 0 Å². The maximum atomic E-state index is 3.77. The Morgan fingerprint density at radius 1 is 1.29 bits per heavy atom. The van der Waals surface area contributed by atoms with Gasteiger partial charge in [-0.1, -0.05) is 41.0 Å². The van der Waals surface area contributed by atoms with E-state index in [0.717, 1.165) is 24.4 Å². The van der Waals surface area contributed by atoms with Crippen LogP contribution in [0.25, 0.3) is 0 Å². The molecule has 1 aliphatic heterocycles. The number of rotatable bonds is 5. The first-order chi connectivity index (χ1) is 7.91. The lowest BCUT2D eigenvalue weighted by atomic mass is 9.88. The molecule has 0 aromatic heterocycles. The fourth-order valence-electron chi connectivity index (χ4n) is 2.84. The lowest BCUT2D eigenvalue weighted by Crippen LogP contribution is -2.64. The van der Waals surface area contributed by atoms with Crippen LogP contribution in [0.1, 0.15) is 54.4 Å². The average molecular weight is 240 g/mol. The maximum Gasteiger partial charge on any atom is 0.0278 e. The van der Waals surface area contributed by atoms with E-state index in [4.69, 9.17) is 0 Å². The van der Waals surface area contributed by atoms with Crippen LogP contribution in [0.3, 0.4) is 0 Å². The molecular weight excluding hydrogens is 208 g/mol. The zero-order valence-electron chi connectivity index (χ0n) is 12.7. The summed E-state index contributed by atoms with van der Waals surface area (Å²) >= 11 is 0. The summed E-state index contributed by atoms with van der Waals surface area (Å²) in [7, 11) is 0. The third-order valence-corrected chi connectivity index (χ3v) is 4.44. The van der Waals surface area contributed by atoms with Crippen LogP contribution in [0.4, 0.5) is 0 Å². The van der Waals surface area contributed by atoms with Crippen LogP contribution in [-0.4, -0.2) is 36.1 Å². The fraction of sp³-hybridized carbons (Fsp3) is 1.00. The van der Waals surface area contributed by atoms with Gasteiger partial charge in [-0.2, -0.15) is 0 Å². The first kappa shape index (κ1) is 15.0. The highest BCUT2D eigenvalue weighted by Gasteiger charge is 2.36. The predicted octanol–water partition coefficient (Wildman–Crippen LogP) is 3.13. The molecule has 3 atom stereocenters. The van der Waals surface area contributed by atoms with Crippen molar-refractivity contribution in [2.45, 2.75) is 66.0 Å². The van der Waals surface area contributed by atoms with Crippen molar-refractivity contribution in [3.05, 3.63) is 0 Å². The van der Waals surface area contributed by atoms with Crippen molar-refractivity contribution in [3.8, 4) is 0 Å². The SMILES string of the molecule is CCC(C)C1CNC(C)(CC)CN1CC(C)C. The van der Waals surface area contributed by atoms with Gasteiger partial charge in [0.05, 0.1) is 0 Å². The topological polar surface area (TPSA) is 15.3 Å². The van der Waals surface area contributed by atoms with Crippen molar-refractivity contribution in [2.24, 2.45) is 11.8 Å². The van der Waals surface area contributed by atoms with Crippen LogP contribution < -0.4 is 5.32 Å². The summed E-state index contributed by atoms with van der Waals surface area (Å²) in [5.74, 6) is 1.56. The number of hydrogen-bond donors (Lipinski definition) is 1. The second-order valence-corrected chi connectivity index (χ2v) is 6.57. The van der Waals surface area contributed by atoms with E-state index >= 15 is 0 Å². The monoisotopic (exact) mass is 240 g/mol. The molecule has 0 spiro atoms. The van der Waals surface area contributed by atoms with Crippen molar-refractivity contribution >= 4 is 0 Å². The largest absolute Gasteiger partial charge is 0.309 e. The number of piperazine rings is 1. The molecule has 0 aromatic rings. The Balaban J connectivity index is 2.72. The Morgan fingerprint density at radius 2 is 1.94 bits per heavy atom. The maximum absolute atomic E-state index is 3.77. The quantitative estimate of drug-likeness (QED) is 0.794. The Labute approximate surface area is 108 Å². The van der Waals surface area contributed by atoms with E-state index in [9.17, 15) is 0 Å². The van der Waals surface area contributed by atoms with Crippen LogP contribution in [0.15, 0.2) is 0 Å². The molecule has 0 amide bonds. The van der Waals surface area contributed by atoms with Gasteiger partial charge in [0.2, 0.25) is 0 Å². The molecule has 1 heterocycles. The van der Waals surface area contributed by atoms with E-state index in [2.05, 4.69) is 51.8 Å². The van der Waals surface area contributed by atoms with Gasteiger partial charge < -0.3 is 5.32 Å². The molecule has 0 bridgehead atoms. The molecule has 1 aliphatic rings. The first-order valence-electron chi connectivity index (χ1n) is 7.41. The molecule has 3 unspecified atom stereocenters. The summed E-state index contributed by atoms with van der Waals surface area (Å²) in [6, 6.07) is 0.724. The van der Waals surface area contributed by atoms with Crippen molar-refractivity contribution in [3.63, 3.8) is 0 Å². The van der Waals surface area contributed by atoms with E-state index in [-0.39, 0.29) is 0 Å². The number of nitrogens with zero attached hydrogens (tertiary/aromatic N) is 1. The summed E-state index contributed by atoms with van der Waals surface area (Å²) < 4.78 is 0. The van der Waals surface area contributed by atoms with E-state index < -0.39 is 0 Å².